The van der Waals surface area contributed by atoms with E-state index in [1.54, 1.807) is 19.2 Å². The van der Waals surface area contributed by atoms with E-state index in [2.05, 4.69) is 0 Å². The van der Waals surface area contributed by atoms with Gasteiger partial charge in [-0.05, 0) is 24.6 Å². The number of ether oxygens (including phenoxy) is 2. The minimum atomic E-state index is 0.181. The molecule has 72 valence electrons. The molecule has 0 unspecified atom stereocenters. The highest BCUT2D eigenvalue weighted by molar-refractivity contribution is 6.35. The lowest BCUT2D eigenvalue weighted by Gasteiger charge is -2.08. The zero-order valence-corrected chi connectivity index (χ0v) is 8.95. The van der Waals surface area contributed by atoms with Gasteiger partial charge in [-0.15, -0.1) is 0 Å². The van der Waals surface area contributed by atoms with Crippen molar-refractivity contribution < 1.29 is 9.47 Å². The van der Waals surface area contributed by atoms with E-state index < -0.39 is 0 Å². The van der Waals surface area contributed by atoms with E-state index in [-0.39, 0.29) is 6.79 Å². The molecule has 0 N–H and O–H groups in total. The minimum absolute atomic E-state index is 0.181. The number of rotatable bonds is 3. The third-order valence-electron chi connectivity index (χ3n) is 1.55. The second-order valence-corrected chi connectivity index (χ2v) is 3.40. The van der Waals surface area contributed by atoms with Gasteiger partial charge < -0.3 is 9.47 Å². The van der Waals surface area contributed by atoms with Gasteiger partial charge >= 0.3 is 0 Å². The van der Waals surface area contributed by atoms with Crippen LogP contribution in [0, 0.1) is 6.92 Å². The molecule has 0 radical (unpaired) electrons. The third kappa shape index (κ3) is 2.76. The molecule has 0 bridgehead atoms. The highest BCUT2D eigenvalue weighted by Crippen LogP contribution is 2.30. The zero-order chi connectivity index (χ0) is 9.84. The topological polar surface area (TPSA) is 18.5 Å². The van der Waals surface area contributed by atoms with Crippen molar-refractivity contribution in [3.8, 4) is 5.75 Å². The Labute approximate surface area is 87.4 Å². The van der Waals surface area contributed by atoms with Crippen molar-refractivity contribution in [2.75, 3.05) is 13.9 Å². The van der Waals surface area contributed by atoms with Crippen molar-refractivity contribution in [1.29, 1.82) is 0 Å². The maximum absolute atomic E-state index is 5.87. The molecule has 0 aliphatic heterocycles. The van der Waals surface area contributed by atoms with E-state index >= 15 is 0 Å². The molecule has 0 saturated carbocycles. The Hall–Kier alpha value is -0.440. The number of aryl methyl sites for hydroxylation is 1. The normalized spacial score (nSPS) is 10.2. The average Bonchev–Trinajstić information content (AvgIpc) is 2.09. The molecule has 0 heterocycles. The summed E-state index contributed by atoms with van der Waals surface area (Å²) in [7, 11) is 1.55. The first kappa shape index (κ1) is 10.6. The minimum Gasteiger partial charge on any atom is -0.466 e. The van der Waals surface area contributed by atoms with E-state index in [4.69, 9.17) is 32.7 Å². The van der Waals surface area contributed by atoms with Crippen LogP contribution in [0.5, 0.6) is 5.75 Å². The van der Waals surface area contributed by atoms with E-state index in [9.17, 15) is 0 Å². The van der Waals surface area contributed by atoms with Crippen LogP contribution in [-0.2, 0) is 4.74 Å². The molecular formula is C9H10Cl2O2. The summed E-state index contributed by atoms with van der Waals surface area (Å²) >= 11 is 11.7. The van der Waals surface area contributed by atoms with Crippen molar-refractivity contribution >= 4 is 23.2 Å². The highest BCUT2D eigenvalue weighted by Gasteiger charge is 2.04. The maximum Gasteiger partial charge on any atom is 0.188 e. The second kappa shape index (κ2) is 4.70. The molecule has 1 aromatic carbocycles. The Morgan fingerprint density at radius 1 is 1.23 bits per heavy atom. The van der Waals surface area contributed by atoms with E-state index in [0.717, 1.165) is 5.56 Å². The molecule has 0 atom stereocenters. The molecule has 13 heavy (non-hydrogen) atoms. The van der Waals surface area contributed by atoms with Gasteiger partial charge in [0.2, 0.25) is 0 Å². The van der Waals surface area contributed by atoms with Crippen LogP contribution in [0.3, 0.4) is 0 Å². The van der Waals surface area contributed by atoms with Crippen LogP contribution >= 0.6 is 23.2 Å². The fourth-order valence-corrected chi connectivity index (χ4v) is 1.30. The quantitative estimate of drug-likeness (QED) is 0.729. The number of benzene rings is 1. The van der Waals surface area contributed by atoms with Gasteiger partial charge in [0.15, 0.2) is 6.79 Å². The van der Waals surface area contributed by atoms with Gasteiger partial charge in [0.1, 0.15) is 5.75 Å². The van der Waals surface area contributed by atoms with Gasteiger partial charge in [-0.25, -0.2) is 0 Å². The summed E-state index contributed by atoms with van der Waals surface area (Å²) in [6.07, 6.45) is 0. The largest absolute Gasteiger partial charge is 0.466 e. The molecule has 2 nitrogen and oxygen atoms in total. The first-order valence-electron chi connectivity index (χ1n) is 3.72. The van der Waals surface area contributed by atoms with Gasteiger partial charge in [-0.1, -0.05) is 23.2 Å². The monoisotopic (exact) mass is 220 g/mol. The number of hydrogen-bond acceptors (Lipinski definition) is 2. The lowest BCUT2D eigenvalue weighted by Crippen LogP contribution is -1.99. The van der Waals surface area contributed by atoms with Crippen LogP contribution in [0.25, 0.3) is 0 Å². The summed E-state index contributed by atoms with van der Waals surface area (Å²) in [6, 6.07) is 3.44. The van der Waals surface area contributed by atoms with Gasteiger partial charge in [0.25, 0.3) is 0 Å². The van der Waals surface area contributed by atoms with E-state index in [1.807, 2.05) is 6.92 Å². The standard InChI is InChI=1S/C9H10Cl2O2/c1-6-3-9(13-5-12-2)8(11)4-7(6)10/h3-4H,5H2,1-2H3. The molecule has 0 aromatic heterocycles. The number of halogens is 2. The fourth-order valence-electron chi connectivity index (χ4n) is 0.864. The summed E-state index contributed by atoms with van der Waals surface area (Å²) < 4.78 is 9.97. The number of hydrogen-bond donors (Lipinski definition) is 0. The molecule has 0 aliphatic carbocycles. The molecule has 0 saturated heterocycles. The summed E-state index contributed by atoms with van der Waals surface area (Å²) in [6.45, 7) is 2.07. The summed E-state index contributed by atoms with van der Waals surface area (Å²) in [5, 5.41) is 1.13. The molecule has 1 rings (SSSR count). The van der Waals surface area contributed by atoms with Crippen LogP contribution in [0.15, 0.2) is 12.1 Å². The SMILES string of the molecule is COCOc1cc(C)c(Cl)cc1Cl. The zero-order valence-electron chi connectivity index (χ0n) is 7.43. The third-order valence-corrected chi connectivity index (χ3v) is 2.25. The smallest absolute Gasteiger partial charge is 0.188 e. The van der Waals surface area contributed by atoms with Crippen LogP contribution in [0.1, 0.15) is 5.56 Å². The lowest BCUT2D eigenvalue weighted by atomic mass is 10.2. The van der Waals surface area contributed by atoms with Gasteiger partial charge in [0, 0.05) is 12.1 Å². The molecule has 4 heteroatoms. The first-order chi connectivity index (χ1) is 6.15. The van der Waals surface area contributed by atoms with Crippen LogP contribution in [-0.4, -0.2) is 13.9 Å². The highest BCUT2D eigenvalue weighted by atomic mass is 35.5. The second-order valence-electron chi connectivity index (χ2n) is 2.58. The molecule has 0 fully saturated rings. The maximum atomic E-state index is 5.87. The molecule has 0 amide bonds. The van der Waals surface area contributed by atoms with Crippen molar-refractivity contribution in [3.63, 3.8) is 0 Å². The molecule has 1 aromatic rings. The molecular weight excluding hydrogens is 211 g/mol. The van der Waals surface area contributed by atoms with Crippen LogP contribution < -0.4 is 4.74 Å². The van der Waals surface area contributed by atoms with Crippen molar-refractivity contribution in [3.05, 3.63) is 27.7 Å². The van der Waals surface area contributed by atoms with Crippen molar-refractivity contribution in [2.45, 2.75) is 6.92 Å². The average molecular weight is 221 g/mol. The Bertz CT molecular complexity index is 300. The Morgan fingerprint density at radius 3 is 2.54 bits per heavy atom. The Balaban J connectivity index is 2.88. The van der Waals surface area contributed by atoms with Gasteiger partial charge in [-0.2, -0.15) is 0 Å². The summed E-state index contributed by atoms with van der Waals surface area (Å²) in [5.41, 5.74) is 0.928. The molecule has 0 aliphatic rings. The fraction of sp³-hybridized carbons (Fsp3) is 0.333. The summed E-state index contributed by atoms with van der Waals surface area (Å²) in [4.78, 5) is 0. The first-order valence-corrected chi connectivity index (χ1v) is 4.48. The van der Waals surface area contributed by atoms with E-state index in [0.29, 0.717) is 15.8 Å². The van der Waals surface area contributed by atoms with Gasteiger partial charge in [0.05, 0.1) is 5.02 Å². The van der Waals surface area contributed by atoms with Crippen LogP contribution in [0.4, 0.5) is 0 Å². The van der Waals surface area contributed by atoms with Crippen LogP contribution in [0.2, 0.25) is 10.0 Å². The molecule has 0 spiro atoms. The predicted molar refractivity (Wildman–Crippen MR) is 53.7 cm³/mol. The Kier molecular flexibility index (Phi) is 3.85. The predicted octanol–water partition coefficient (Wildman–Crippen LogP) is 3.28. The Morgan fingerprint density at radius 2 is 1.92 bits per heavy atom. The van der Waals surface area contributed by atoms with Gasteiger partial charge in [-0.3, -0.25) is 0 Å². The summed E-state index contributed by atoms with van der Waals surface area (Å²) in [5.74, 6) is 0.588. The number of methoxy groups -OCH3 is 1. The lowest BCUT2D eigenvalue weighted by molar-refractivity contribution is 0.0511. The van der Waals surface area contributed by atoms with Crippen molar-refractivity contribution in [1.82, 2.24) is 0 Å². The van der Waals surface area contributed by atoms with Crippen molar-refractivity contribution in [2.24, 2.45) is 0 Å². The van der Waals surface area contributed by atoms with E-state index in [1.165, 1.54) is 0 Å².